The smallest absolute Gasteiger partial charge is 0.217 e. The summed E-state index contributed by atoms with van der Waals surface area (Å²) in [7, 11) is -3.27. The minimum atomic E-state index is -3.27. The summed E-state index contributed by atoms with van der Waals surface area (Å²) in [4.78, 5) is 6.52. The largest absolute Gasteiger partial charge is 0.299 e. The van der Waals surface area contributed by atoms with Crippen molar-refractivity contribution < 1.29 is 8.42 Å². The molecule has 0 radical (unpaired) electrons. The molecule has 0 bridgehead atoms. The maximum atomic E-state index is 13.1. The summed E-state index contributed by atoms with van der Waals surface area (Å²) < 4.78 is 27.9. The van der Waals surface area contributed by atoms with Crippen molar-refractivity contribution in [1.82, 2.24) is 14.2 Å². The Balaban J connectivity index is 1.43. The van der Waals surface area contributed by atoms with E-state index in [-0.39, 0.29) is 11.2 Å². The van der Waals surface area contributed by atoms with Gasteiger partial charge in [-0.25, -0.2) is 8.42 Å². The number of fused-ring (bicyclic) bond motifs is 1. The van der Waals surface area contributed by atoms with Gasteiger partial charge in [-0.1, -0.05) is 29.8 Å². The maximum Gasteiger partial charge on any atom is 0.217 e. The topological polar surface area (TPSA) is 53.5 Å². The monoisotopic (exact) mass is 405 g/mol. The average molecular weight is 406 g/mol. The first-order valence-electron chi connectivity index (χ1n) is 9.37. The first kappa shape index (κ1) is 18.9. The Labute approximate surface area is 166 Å². The predicted molar refractivity (Wildman–Crippen MR) is 107 cm³/mol. The zero-order chi connectivity index (χ0) is 18.9. The van der Waals surface area contributed by atoms with Crippen molar-refractivity contribution in [3.8, 4) is 0 Å². The van der Waals surface area contributed by atoms with Gasteiger partial charge in [0, 0.05) is 37.1 Å². The Morgan fingerprint density at radius 1 is 1.07 bits per heavy atom. The highest BCUT2D eigenvalue weighted by Crippen LogP contribution is 2.35. The van der Waals surface area contributed by atoms with E-state index in [9.17, 15) is 8.42 Å². The van der Waals surface area contributed by atoms with Gasteiger partial charge in [-0.15, -0.1) is 0 Å². The summed E-state index contributed by atoms with van der Waals surface area (Å²) in [5, 5.41) is 0.375. The molecule has 2 saturated heterocycles. The van der Waals surface area contributed by atoms with Gasteiger partial charge in [0.25, 0.3) is 0 Å². The van der Waals surface area contributed by atoms with Crippen LogP contribution in [-0.2, 0) is 23.1 Å². The minimum Gasteiger partial charge on any atom is -0.299 e. The highest BCUT2D eigenvalue weighted by molar-refractivity contribution is 7.90. The van der Waals surface area contributed by atoms with E-state index < -0.39 is 10.0 Å². The lowest BCUT2D eigenvalue weighted by Gasteiger charge is -2.22. The molecule has 144 valence electrons. The van der Waals surface area contributed by atoms with Crippen LogP contribution in [0.3, 0.4) is 0 Å². The lowest BCUT2D eigenvalue weighted by molar-refractivity contribution is 0.266. The van der Waals surface area contributed by atoms with E-state index in [0.29, 0.717) is 24.5 Å². The molecule has 0 N–H and O–H groups in total. The van der Waals surface area contributed by atoms with Crippen LogP contribution in [-0.4, -0.2) is 47.5 Å². The number of nitrogens with zero attached hydrogens (tertiary/aromatic N) is 3. The molecule has 2 aliphatic rings. The molecule has 2 fully saturated rings. The quantitative estimate of drug-likeness (QED) is 0.784. The summed E-state index contributed by atoms with van der Waals surface area (Å²) >= 11 is 6.05. The van der Waals surface area contributed by atoms with Crippen molar-refractivity contribution in [2.45, 2.75) is 31.2 Å². The fourth-order valence-corrected chi connectivity index (χ4v) is 6.69. The van der Waals surface area contributed by atoms with Crippen LogP contribution in [0.1, 0.15) is 24.0 Å². The lowest BCUT2D eigenvalue weighted by Crippen LogP contribution is -2.31. The van der Waals surface area contributed by atoms with Crippen LogP contribution in [0.2, 0.25) is 5.02 Å². The summed E-state index contributed by atoms with van der Waals surface area (Å²) in [6.07, 6.45) is 5.27. The van der Waals surface area contributed by atoms with Gasteiger partial charge in [0.15, 0.2) is 0 Å². The molecule has 0 spiro atoms. The van der Waals surface area contributed by atoms with E-state index in [1.54, 1.807) is 10.5 Å². The number of hydrogen-bond donors (Lipinski definition) is 0. The Bertz CT molecular complexity index is 891. The zero-order valence-corrected chi connectivity index (χ0v) is 16.7. The number of sulfonamides is 1. The molecule has 5 nitrogen and oxygen atoms in total. The van der Waals surface area contributed by atoms with Gasteiger partial charge in [0.2, 0.25) is 10.0 Å². The van der Waals surface area contributed by atoms with E-state index in [4.69, 9.17) is 11.6 Å². The highest BCUT2D eigenvalue weighted by atomic mass is 35.5. The molecule has 0 saturated carbocycles. The van der Waals surface area contributed by atoms with Crippen molar-refractivity contribution >= 4 is 21.6 Å². The fourth-order valence-electron chi connectivity index (χ4n) is 4.25. The molecule has 3 heterocycles. The number of pyridine rings is 1. The van der Waals surface area contributed by atoms with Crippen LogP contribution in [0.5, 0.6) is 0 Å². The number of rotatable bonds is 4. The van der Waals surface area contributed by atoms with Crippen LogP contribution in [0.4, 0.5) is 0 Å². The summed E-state index contributed by atoms with van der Waals surface area (Å²) in [6, 6.07) is 11.5. The molecule has 2 aliphatic heterocycles. The third kappa shape index (κ3) is 4.19. The lowest BCUT2D eigenvalue weighted by atomic mass is 10.0. The zero-order valence-electron chi connectivity index (χ0n) is 15.2. The highest BCUT2D eigenvalue weighted by Gasteiger charge is 2.46. The molecule has 27 heavy (non-hydrogen) atoms. The summed E-state index contributed by atoms with van der Waals surface area (Å²) in [5.41, 5.74) is 2.12. The molecule has 7 heteroatoms. The molecule has 0 aliphatic carbocycles. The molecule has 4 rings (SSSR count). The van der Waals surface area contributed by atoms with Crippen molar-refractivity contribution in [2.24, 2.45) is 5.92 Å². The van der Waals surface area contributed by atoms with Gasteiger partial charge in [0.1, 0.15) is 0 Å². The minimum absolute atomic E-state index is 0.202. The van der Waals surface area contributed by atoms with Gasteiger partial charge in [0.05, 0.1) is 5.25 Å². The van der Waals surface area contributed by atoms with Crippen LogP contribution >= 0.6 is 11.6 Å². The first-order valence-corrected chi connectivity index (χ1v) is 11.2. The van der Waals surface area contributed by atoms with Gasteiger partial charge >= 0.3 is 0 Å². The Kier molecular flexibility index (Phi) is 5.50. The second-order valence-electron chi connectivity index (χ2n) is 7.48. The molecule has 0 amide bonds. The molecular weight excluding hydrogens is 382 g/mol. The standard InChI is InChI=1S/C20H24ClN3O2S/c21-19-5-1-3-16(11-19)14-24-15-18-6-9-23(10-7-20(18)27(24,25)26)13-17-4-2-8-22-12-17/h1-5,8,11-12,18,20H,6-7,9-10,13-15H2/t18-,20-/m1/s1. The number of hydrogen-bond acceptors (Lipinski definition) is 4. The van der Waals surface area contributed by atoms with Crippen molar-refractivity contribution in [3.05, 3.63) is 64.9 Å². The number of likely N-dealkylation sites (tertiary alicyclic amines) is 1. The molecule has 1 aromatic carbocycles. The van der Waals surface area contributed by atoms with Crippen LogP contribution < -0.4 is 0 Å². The Morgan fingerprint density at radius 3 is 2.67 bits per heavy atom. The van der Waals surface area contributed by atoms with E-state index >= 15 is 0 Å². The third-order valence-electron chi connectivity index (χ3n) is 5.63. The number of halogens is 1. The SMILES string of the molecule is O=S1(=O)[C@@H]2CCN(Cc3cccnc3)CC[C@@H]2CN1Cc1cccc(Cl)c1. The van der Waals surface area contributed by atoms with Gasteiger partial charge < -0.3 is 0 Å². The van der Waals surface area contributed by atoms with Crippen molar-refractivity contribution in [1.29, 1.82) is 0 Å². The molecular formula is C20H24ClN3O2S. The average Bonchev–Trinajstić information content (AvgIpc) is 2.78. The van der Waals surface area contributed by atoms with Crippen LogP contribution in [0.15, 0.2) is 48.8 Å². The number of benzene rings is 1. The van der Waals surface area contributed by atoms with E-state index in [1.165, 1.54) is 5.56 Å². The van der Waals surface area contributed by atoms with Gasteiger partial charge in [-0.2, -0.15) is 4.31 Å². The maximum absolute atomic E-state index is 13.1. The summed E-state index contributed by atoms with van der Waals surface area (Å²) in [6.45, 7) is 3.59. The predicted octanol–water partition coefficient (Wildman–Crippen LogP) is 3.16. The van der Waals surface area contributed by atoms with Gasteiger partial charge in [-0.3, -0.25) is 9.88 Å². The first-order chi connectivity index (χ1) is 13.0. The number of aromatic nitrogens is 1. The normalized spacial score (nSPS) is 25.8. The second-order valence-corrected chi connectivity index (χ2v) is 10.1. The summed E-state index contributed by atoms with van der Waals surface area (Å²) in [5.74, 6) is 0.202. The van der Waals surface area contributed by atoms with Crippen LogP contribution in [0, 0.1) is 5.92 Å². The molecule has 0 unspecified atom stereocenters. The van der Waals surface area contributed by atoms with Crippen LogP contribution in [0.25, 0.3) is 0 Å². The molecule has 2 aromatic rings. The van der Waals surface area contributed by atoms with Crippen molar-refractivity contribution in [2.75, 3.05) is 19.6 Å². The van der Waals surface area contributed by atoms with Gasteiger partial charge in [-0.05, 0) is 61.2 Å². The van der Waals surface area contributed by atoms with Crippen molar-refractivity contribution in [3.63, 3.8) is 0 Å². The molecule has 2 atom stereocenters. The molecule has 1 aromatic heterocycles. The van der Waals surface area contributed by atoms with E-state index in [2.05, 4.69) is 16.0 Å². The van der Waals surface area contributed by atoms with E-state index in [1.807, 2.05) is 36.5 Å². The Morgan fingerprint density at radius 2 is 1.89 bits per heavy atom. The second kappa shape index (κ2) is 7.87. The fraction of sp³-hybridized carbons (Fsp3) is 0.450. The Hall–Kier alpha value is -1.47. The third-order valence-corrected chi connectivity index (χ3v) is 8.25. The van der Waals surface area contributed by atoms with E-state index in [0.717, 1.165) is 31.6 Å².